The molecule has 0 bridgehead atoms. The Morgan fingerprint density at radius 1 is 1.14 bits per heavy atom. The summed E-state index contributed by atoms with van der Waals surface area (Å²) in [6.07, 6.45) is 7.92. The first kappa shape index (κ1) is 21.0. The van der Waals surface area contributed by atoms with Crippen LogP contribution in [0.5, 0.6) is 0 Å². The first-order valence-electron chi connectivity index (χ1n) is 10.3. The van der Waals surface area contributed by atoms with Crippen molar-refractivity contribution in [3.8, 4) is 12.3 Å². The largest absolute Gasteiger partial charge is 0.340 e. The lowest BCUT2D eigenvalue weighted by atomic mass is 10.0. The van der Waals surface area contributed by atoms with E-state index < -0.39 is 5.66 Å². The van der Waals surface area contributed by atoms with Gasteiger partial charge >= 0.3 is 0 Å². The van der Waals surface area contributed by atoms with Gasteiger partial charge in [0.25, 0.3) is 0 Å². The molecule has 1 fully saturated rings. The van der Waals surface area contributed by atoms with Gasteiger partial charge in [-0.2, -0.15) is 10.2 Å². The van der Waals surface area contributed by atoms with Gasteiger partial charge in [-0.25, -0.2) is 0 Å². The molecule has 2 heterocycles. The number of nitrogens with zero attached hydrogens (tertiary/aromatic N) is 4. The van der Waals surface area contributed by atoms with E-state index in [1.54, 1.807) is 0 Å². The second kappa shape index (κ2) is 9.66. The SMILES string of the molecule is C#CCCC1(CCC(=O)Nc2ccc(CC(=O)N3CCN(CC)CC3)cc2)N=N1. The van der Waals surface area contributed by atoms with Crippen LogP contribution in [0.4, 0.5) is 5.69 Å². The molecule has 0 aromatic heterocycles. The number of amides is 2. The van der Waals surface area contributed by atoms with Crippen LogP contribution in [0.2, 0.25) is 0 Å². The molecule has 0 aliphatic carbocycles. The smallest absolute Gasteiger partial charge is 0.227 e. The maximum absolute atomic E-state index is 12.5. The van der Waals surface area contributed by atoms with Gasteiger partial charge < -0.3 is 15.1 Å². The Kier molecular flexibility index (Phi) is 6.99. The molecule has 7 heteroatoms. The first-order chi connectivity index (χ1) is 14.0. The number of rotatable bonds is 9. The molecule has 2 amide bonds. The fourth-order valence-corrected chi connectivity index (χ4v) is 3.51. The van der Waals surface area contributed by atoms with Crippen molar-refractivity contribution in [3.63, 3.8) is 0 Å². The summed E-state index contributed by atoms with van der Waals surface area (Å²) in [5, 5.41) is 11.0. The van der Waals surface area contributed by atoms with E-state index in [-0.39, 0.29) is 11.8 Å². The van der Waals surface area contributed by atoms with Crippen LogP contribution >= 0.6 is 0 Å². The molecular formula is C22H29N5O2. The van der Waals surface area contributed by atoms with Crippen molar-refractivity contribution in [1.82, 2.24) is 9.80 Å². The summed E-state index contributed by atoms with van der Waals surface area (Å²) in [5.41, 5.74) is 1.25. The molecule has 0 atom stereocenters. The van der Waals surface area contributed by atoms with Gasteiger partial charge in [0.05, 0.1) is 6.42 Å². The van der Waals surface area contributed by atoms with E-state index in [9.17, 15) is 9.59 Å². The summed E-state index contributed by atoms with van der Waals surface area (Å²) < 4.78 is 0. The average Bonchev–Trinajstić information content (AvgIpc) is 3.52. The van der Waals surface area contributed by atoms with Crippen molar-refractivity contribution >= 4 is 17.5 Å². The highest BCUT2D eigenvalue weighted by atomic mass is 16.2. The number of nitrogens with one attached hydrogen (secondary N) is 1. The normalized spacial score (nSPS) is 17.6. The van der Waals surface area contributed by atoms with Gasteiger partial charge in [0.15, 0.2) is 5.66 Å². The quantitative estimate of drug-likeness (QED) is 0.653. The summed E-state index contributed by atoms with van der Waals surface area (Å²) in [6.45, 7) is 6.65. The molecule has 0 unspecified atom stereocenters. The number of piperazine rings is 1. The molecule has 1 N–H and O–H groups in total. The Bertz CT molecular complexity index is 782. The molecule has 2 aliphatic rings. The molecule has 0 spiro atoms. The number of terminal acetylenes is 1. The zero-order chi connectivity index (χ0) is 20.7. The van der Waals surface area contributed by atoms with Gasteiger partial charge in [0.1, 0.15) is 0 Å². The van der Waals surface area contributed by atoms with Gasteiger partial charge in [0, 0.05) is 57.5 Å². The average molecular weight is 396 g/mol. The van der Waals surface area contributed by atoms with E-state index in [1.165, 1.54) is 0 Å². The van der Waals surface area contributed by atoms with E-state index >= 15 is 0 Å². The summed E-state index contributed by atoms with van der Waals surface area (Å²) >= 11 is 0. The van der Waals surface area contributed by atoms with E-state index in [4.69, 9.17) is 6.42 Å². The van der Waals surface area contributed by atoms with Crippen molar-refractivity contribution in [2.75, 3.05) is 38.0 Å². The monoisotopic (exact) mass is 395 g/mol. The van der Waals surface area contributed by atoms with Crippen LogP contribution in [0, 0.1) is 12.3 Å². The first-order valence-corrected chi connectivity index (χ1v) is 10.3. The molecular weight excluding hydrogens is 366 g/mol. The second-order valence-electron chi connectivity index (χ2n) is 7.62. The Hall–Kier alpha value is -2.72. The molecule has 29 heavy (non-hydrogen) atoms. The van der Waals surface area contributed by atoms with Gasteiger partial charge in [-0.3, -0.25) is 9.59 Å². The summed E-state index contributed by atoms with van der Waals surface area (Å²) in [7, 11) is 0. The molecule has 154 valence electrons. The van der Waals surface area contributed by atoms with Crippen LogP contribution in [0.25, 0.3) is 0 Å². The fourth-order valence-electron chi connectivity index (χ4n) is 3.51. The zero-order valence-electron chi connectivity index (χ0n) is 17.1. The molecule has 3 rings (SSSR count). The summed E-state index contributed by atoms with van der Waals surface area (Å²) in [4.78, 5) is 29.0. The van der Waals surface area contributed by atoms with Gasteiger partial charge in [-0.1, -0.05) is 19.1 Å². The minimum absolute atomic E-state index is 0.0694. The Labute approximate surface area is 172 Å². The van der Waals surface area contributed by atoms with Crippen molar-refractivity contribution in [2.45, 2.75) is 44.7 Å². The van der Waals surface area contributed by atoms with Gasteiger partial charge in [0.2, 0.25) is 11.8 Å². The van der Waals surface area contributed by atoms with Crippen LogP contribution in [0.3, 0.4) is 0 Å². The molecule has 0 radical (unpaired) electrons. The highest BCUT2D eigenvalue weighted by Gasteiger charge is 2.39. The lowest BCUT2D eigenvalue weighted by molar-refractivity contribution is -0.132. The fraction of sp³-hybridized carbons (Fsp3) is 0.545. The van der Waals surface area contributed by atoms with E-state index in [0.717, 1.165) is 44.0 Å². The highest BCUT2D eigenvalue weighted by Crippen LogP contribution is 2.37. The third-order valence-corrected chi connectivity index (χ3v) is 5.57. The molecule has 1 saturated heterocycles. The van der Waals surface area contributed by atoms with Crippen molar-refractivity contribution in [3.05, 3.63) is 29.8 Å². The minimum atomic E-state index is -0.434. The van der Waals surface area contributed by atoms with Crippen LogP contribution < -0.4 is 5.32 Å². The maximum Gasteiger partial charge on any atom is 0.227 e. The number of anilines is 1. The number of carbonyl (C=O) groups excluding carboxylic acids is 2. The lowest BCUT2D eigenvalue weighted by Gasteiger charge is -2.34. The van der Waals surface area contributed by atoms with Crippen molar-refractivity contribution in [1.29, 1.82) is 0 Å². The number of benzene rings is 1. The third-order valence-electron chi connectivity index (χ3n) is 5.57. The number of carbonyl (C=O) groups is 2. The van der Waals surface area contributed by atoms with Gasteiger partial charge in [-0.15, -0.1) is 12.3 Å². The van der Waals surface area contributed by atoms with Crippen LogP contribution in [-0.4, -0.2) is 60.0 Å². The van der Waals surface area contributed by atoms with Crippen molar-refractivity contribution in [2.24, 2.45) is 10.2 Å². The minimum Gasteiger partial charge on any atom is -0.340 e. The topological polar surface area (TPSA) is 77.4 Å². The maximum atomic E-state index is 12.5. The van der Waals surface area contributed by atoms with E-state index in [1.807, 2.05) is 29.2 Å². The molecule has 7 nitrogen and oxygen atoms in total. The Morgan fingerprint density at radius 3 is 2.41 bits per heavy atom. The number of hydrogen-bond donors (Lipinski definition) is 1. The Morgan fingerprint density at radius 2 is 1.83 bits per heavy atom. The lowest BCUT2D eigenvalue weighted by Crippen LogP contribution is -2.48. The van der Waals surface area contributed by atoms with E-state index in [2.05, 4.69) is 33.3 Å². The molecule has 1 aromatic rings. The number of hydrogen-bond acceptors (Lipinski definition) is 5. The predicted molar refractivity (Wildman–Crippen MR) is 112 cm³/mol. The second-order valence-corrected chi connectivity index (χ2v) is 7.62. The highest BCUT2D eigenvalue weighted by molar-refractivity contribution is 5.90. The standard InChI is InChI=1S/C22H29N5O2/c1-3-5-11-22(24-25-22)12-10-20(28)23-19-8-6-18(7-9-19)17-21(29)27-15-13-26(4-2)14-16-27/h1,6-9H,4-5,10-17H2,2H3,(H,23,28). The van der Waals surface area contributed by atoms with Crippen molar-refractivity contribution < 1.29 is 9.59 Å². The predicted octanol–water partition coefficient (Wildman–Crippen LogP) is 2.69. The van der Waals surface area contributed by atoms with Crippen LogP contribution in [0.1, 0.15) is 38.2 Å². The third kappa shape index (κ3) is 6.13. The molecule has 1 aromatic carbocycles. The molecule has 2 aliphatic heterocycles. The summed E-state index contributed by atoms with van der Waals surface area (Å²) in [5.74, 6) is 2.68. The summed E-state index contributed by atoms with van der Waals surface area (Å²) in [6, 6.07) is 7.48. The molecule has 0 saturated carbocycles. The van der Waals surface area contributed by atoms with E-state index in [0.29, 0.717) is 32.1 Å². The van der Waals surface area contributed by atoms with Gasteiger partial charge in [-0.05, 0) is 24.2 Å². The Balaban J connectivity index is 1.41. The zero-order valence-corrected chi connectivity index (χ0v) is 17.1. The number of likely N-dealkylation sites (N-methyl/N-ethyl adjacent to an activating group) is 1. The van der Waals surface area contributed by atoms with Crippen LogP contribution in [-0.2, 0) is 16.0 Å². The van der Waals surface area contributed by atoms with Crippen LogP contribution in [0.15, 0.2) is 34.5 Å².